The lowest BCUT2D eigenvalue weighted by molar-refractivity contribution is -0.143. The predicted molar refractivity (Wildman–Crippen MR) is 96.6 cm³/mol. The van der Waals surface area contributed by atoms with Gasteiger partial charge in [0.15, 0.2) is 0 Å². The van der Waals surface area contributed by atoms with Crippen molar-refractivity contribution in [3.05, 3.63) is 35.4 Å². The number of carbonyl (C=O) groups is 2. The minimum atomic E-state index is -0.476. The molecule has 3 unspecified atom stereocenters. The number of rotatable bonds is 5. The van der Waals surface area contributed by atoms with Gasteiger partial charge in [0.2, 0.25) is 0 Å². The normalized spacial score (nSPS) is 26.5. The Kier molecular flexibility index (Phi) is 6.24. The van der Waals surface area contributed by atoms with Crippen molar-refractivity contribution in [1.29, 1.82) is 0 Å². The van der Waals surface area contributed by atoms with E-state index >= 15 is 0 Å². The summed E-state index contributed by atoms with van der Waals surface area (Å²) < 4.78 is 10.2. The molecule has 1 amide bonds. The maximum atomic E-state index is 12.5. The number of methoxy groups -OCH3 is 1. The van der Waals surface area contributed by atoms with Crippen LogP contribution in [0.4, 0.5) is 0 Å². The Morgan fingerprint density at radius 1 is 1.27 bits per heavy atom. The number of nitrogens with one attached hydrogen (secondary N) is 3. The van der Waals surface area contributed by atoms with Crippen LogP contribution < -0.4 is 16.2 Å². The van der Waals surface area contributed by atoms with E-state index in [1.165, 1.54) is 7.11 Å². The second-order valence-electron chi connectivity index (χ2n) is 7.00. The van der Waals surface area contributed by atoms with Gasteiger partial charge < -0.3 is 14.8 Å². The second-order valence-corrected chi connectivity index (χ2v) is 7.00. The third-order valence-electron chi connectivity index (χ3n) is 5.25. The molecule has 0 aliphatic carbocycles. The maximum Gasteiger partial charge on any atom is 0.324 e. The molecule has 2 aliphatic rings. The predicted octanol–water partition coefficient (Wildman–Crippen LogP) is 0.965. The first-order valence-corrected chi connectivity index (χ1v) is 9.15. The van der Waals surface area contributed by atoms with Gasteiger partial charge in [-0.05, 0) is 43.4 Å². The number of carbonyl (C=O) groups excluding carboxylic acids is 2. The number of esters is 1. The zero-order valence-corrected chi connectivity index (χ0v) is 15.3. The first-order valence-electron chi connectivity index (χ1n) is 9.15. The van der Waals surface area contributed by atoms with E-state index in [-0.39, 0.29) is 23.8 Å². The van der Waals surface area contributed by atoms with E-state index in [0.29, 0.717) is 18.0 Å². The zero-order valence-electron chi connectivity index (χ0n) is 15.3. The van der Waals surface area contributed by atoms with Crippen molar-refractivity contribution in [2.75, 3.05) is 26.9 Å². The van der Waals surface area contributed by atoms with Gasteiger partial charge >= 0.3 is 5.97 Å². The molecule has 1 aromatic rings. The molecule has 0 bridgehead atoms. The molecule has 3 atom stereocenters. The SMILES string of the molecule is COC(=O)C1NNC(C)C1c1cccc(C(=O)NCC2CCOCC2)c1. The first-order chi connectivity index (χ1) is 12.6. The van der Waals surface area contributed by atoms with Crippen LogP contribution in [-0.2, 0) is 14.3 Å². The highest BCUT2D eigenvalue weighted by Crippen LogP contribution is 2.28. The Hall–Kier alpha value is -1.96. The van der Waals surface area contributed by atoms with E-state index in [4.69, 9.17) is 9.47 Å². The molecule has 3 N–H and O–H groups in total. The molecule has 0 aromatic heterocycles. The molecule has 2 fully saturated rings. The quantitative estimate of drug-likeness (QED) is 0.677. The maximum absolute atomic E-state index is 12.5. The molecule has 0 saturated carbocycles. The lowest BCUT2D eigenvalue weighted by Gasteiger charge is -2.22. The van der Waals surface area contributed by atoms with Gasteiger partial charge in [0.1, 0.15) is 6.04 Å². The Bertz CT molecular complexity index is 645. The van der Waals surface area contributed by atoms with E-state index < -0.39 is 6.04 Å². The van der Waals surface area contributed by atoms with Gasteiger partial charge in [-0.2, -0.15) is 0 Å². The molecule has 142 valence electrons. The lowest BCUT2D eigenvalue weighted by Crippen LogP contribution is -2.39. The van der Waals surface area contributed by atoms with Crippen molar-refractivity contribution in [2.45, 2.75) is 37.8 Å². The summed E-state index contributed by atoms with van der Waals surface area (Å²) in [6.45, 7) is 4.20. The fourth-order valence-electron chi connectivity index (χ4n) is 3.68. The molecule has 7 nitrogen and oxygen atoms in total. The summed E-state index contributed by atoms with van der Waals surface area (Å²) in [5, 5.41) is 3.03. The highest BCUT2D eigenvalue weighted by molar-refractivity contribution is 5.94. The van der Waals surface area contributed by atoms with Crippen LogP contribution in [0.25, 0.3) is 0 Å². The lowest BCUT2D eigenvalue weighted by atomic mass is 9.87. The standard InChI is InChI=1S/C19H27N3O4/c1-12-16(17(22-21-12)19(24)25-2)14-4-3-5-15(10-14)18(23)20-11-13-6-8-26-9-7-13/h3-5,10,12-13,16-17,21-22H,6-9,11H2,1-2H3,(H,20,23). The molecule has 2 heterocycles. The van der Waals surface area contributed by atoms with E-state index in [9.17, 15) is 9.59 Å². The van der Waals surface area contributed by atoms with E-state index in [1.807, 2.05) is 25.1 Å². The Morgan fingerprint density at radius 3 is 2.77 bits per heavy atom. The molecule has 26 heavy (non-hydrogen) atoms. The molecule has 7 heteroatoms. The van der Waals surface area contributed by atoms with Crippen molar-refractivity contribution in [2.24, 2.45) is 5.92 Å². The number of hydrazine groups is 1. The second kappa shape index (κ2) is 8.62. The summed E-state index contributed by atoms with van der Waals surface area (Å²) in [5.41, 5.74) is 7.62. The highest BCUT2D eigenvalue weighted by atomic mass is 16.5. The number of amides is 1. The fourth-order valence-corrected chi connectivity index (χ4v) is 3.68. The van der Waals surface area contributed by atoms with Crippen molar-refractivity contribution in [3.63, 3.8) is 0 Å². The van der Waals surface area contributed by atoms with Gasteiger partial charge in [-0.15, -0.1) is 0 Å². The van der Waals surface area contributed by atoms with Gasteiger partial charge in [-0.3, -0.25) is 15.0 Å². The van der Waals surface area contributed by atoms with Crippen LogP contribution in [0.15, 0.2) is 24.3 Å². The van der Waals surface area contributed by atoms with Crippen LogP contribution in [0.1, 0.15) is 41.6 Å². The minimum Gasteiger partial charge on any atom is -0.468 e. The molecule has 0 spiro atoms. The molecular weight excluding hydrogens is 334 g/mol. The van der Waals surface area contributed by atoms with Gasteiger partial charge in [-0.25, -0.2) is 5.43 Å². The van der Waals surface area contributed by atoms with Gasteiger partial charge in [0, 0.05) is 37.3 Å². The number of benzene rings is 1. The van der Waals surface area contributed by atoms with E-state index in [2.05, 4.69) is 16.2 Å². The summed E-state index contributed by atoms with van der Waals surface area (Å²) in [7, 11) is 1.38. The summed E-state index contributed by atoms with van der Waals surface area (Å²) in [6, 6.07) is 7.04. The number of hydrogen-bond acceptors (Lipinski definition) is 6. The summed E-state index contributed by atoms with van der Waals surface area (Å²) in [4.78, 5) is 24.6. The van der Waals surface area contributed by atoms with Crippen molar-refractivity contribution in [1.82, 2.24) is 16.2 Å². The highest BCUT2D eigenvalue weighted by Gasteiger charge is 2.39. The van der Waals surface area contributed by atoms with E-state index in [0.717, 1.165) is 31.6 Å². The average molecular weight is 361 g/mol. The zero-order chi connectivity index (χ0) is 18.5. The van der Waals surface area contributed by atoms with Crippen molar-refractivity contribution >= 4 is 11.9 Å². The Labute approximate surface area is 153 Å². The molecule has 1 aromatic carbocycles. The molecular formula is C19H27N3O4. The van der Waals surface area contributed by atoms with Crippen LogP contribution in [-0.4, -0.2) is 50.8 Å². The number of hydrogen-bond donors (Lipinski definition) is 3. The Balaban J connectivity index is 1.68. The van der Waals surface area contributed by atoms with Crippen LogP contribution in [0, 0.1) is 5.92 Å². The van der Waals surface area contributed by atoms with Crippen LogP contribution in [0.2, 0.25) is 0 Å². The van der Waals surface area contributed by atoms with Crippen LogP contribution >= 0.6 is 0 Å². The summed E-state index contributed by atoms with van der Waals surface area (Å²) in [5.74, 6) is -0.0331. The first kappa shape index (κ1) is 18.8. The Morgan fingerprint density at radius 2 is 2.04 bits per heavy atom. The van der Waals surface area contributed by atoms with Crippen molar-refractivity contribution < 1.29 is 19.1 Å². The largest absolute Gasteiger partial charge is 0.468 e. The van der Waals surface area contributed by atoms with Gasteiger partial charge in [-0.1, -0.05) is 12.1 Å². The molecule has 2 saturated heterocycles. The molecule has 2 aliphatic heterocycles. The van der Waals surface area contributed by atoms with Gasteiger partial charge in [0.25, 0.3) is 5.91 Å². The smallest absolute Gasteiger partial charge is 0.324 e. The third-order valence-corrected chi connectivity index (χ3v) is 5.25. The average Bonchev–Trinajstić information content (AvgIpc) is 3.08. The van der Waals surface area contributed by atoms with Crippen molar-refractivity contribution in [3.8, 4) is 0 Å². The molecule has 3 rings (SSSR count). The monoisotopic (exact) mass is 361 g/mol. The fraction of sp³-hybridized carbons (Fsp3) is 0.579. The van der Waals surface area contributed by atoms with Crippen LogP contribution in [0.5, 0.6) is 0 Å². The number of ether oxygens (including phenoxy) is 2. The van der Waals surface area contributed by atoms with E-state index in [1.54, 1.807) is 6.07 Å². The molecule has 0 radical (unpaired) electrons. The van der Waals surface area contributed by atoms with Gasteiger partial charge in [0.05, 0.1) is 7.11 Å². The van der Waals surface area contributed by atoms with Crippen LogP contribution in [0.3, 0.4) is 0 Å². The topological polar surface area (TPSA) is 88.7 Å². The minimum absolute atomic E-state index is 0.0413. The summed E-state index contributed by atoms with van der Waals surface area (Å²) in [6.07, 6.45) is 1.97. The summed E-state index contributed by atoms with van der Waals surface area (Å²) >= 11 is 0. The third kappa shape index (κ3) is 4.23.